The average Bonchev–Trinajstić information content (AvgIpc) is 3.00. The fourth-order valence-electron chi connectivity index (χ4n) is 4.46. The Balaban J connectivity index is 1.62. The molecule has 1 aliphatic heterocycles. The molecule has 140 valence electrons. The number of hydrogen-bond acceptors (Lipinski definition) is 3. The van der Waals surface area contributed by atoms with Crippen LogP contribution in [0.1, 0.15) is 50.4 Å². The van der Waals surface area contributed by atoms with E-state index in [4.69, 9.17) is 0 Å². The lowest BCUT2D eigenvalue weighted by Crippen LogP contribution is -2.44. The maximum Gasteiger partial charge on any atom is 0.123 e. The topological polar surface area (TPSA) is 33.1 Å². The summed E-state index contributed by atoms with van der Waals surface area (Å²) >= 11 is 0. The van der Waals surface area contributed by atoms with Crippen molar-refractivity contribution in [2.75, 3.05) is 20.1 Å². The van der Waals surface area contributed by atoms with E-state index < -0.39 is 0 Å². The van der Waals surface area contributed by atoms with Crippen LogP contribution in [0, 0.1) is 11.2 Å². The molecule has 2 heterocycles. The van der Waals surface area contributed by atoms with Gasteiger partial charge in [0, 0.05) is 23.3 Å². The van der Waals surface area contributed by atoms with Crippen LogP contribution in [0.15, 0.2) is 30.5 Å². The molecule has 26 heavy (non-hydrogen) atoms. The molecular weight excluding hydrogens is 327 g/mol. The Kier molecular flexibility index (Phi) is 4.61. The van der Waals surface area contributed by atoms with Gasteiger partial charge in [-0.25, -0.2) is 9.07 Å². The van der Waals surface area contributed by atoms with Gasteiger partial charge in [-0.3, -0.25) is 0 Å². The number of rotatable bonds is 3. The van der Waals surface area contributed by atoms with Crippen LogP contribution >= 0.6 is 0 Å². The van der Waals surface area contributed by atoms with Gasteiger partial charge in [-0.1, -0.05) is 13.8 Å². The number of fused-ring (bicyclic) bond motifs is 1. The molecule has 1 fully saturated rings. The van der Waals surface area contributed by atoms with Crippen molar-refractivity contribution < 1.29 is 4.39 Å². The van der Waals surface area contributed by atoms with Crippen molar-refractivity contribution in [2.24, 2.45) is 5.41 Å². The monoisotopic (exact) mass is 356 g/mol. The highest BCUT2D eigenvalue weighted by molar-refractivity contribution is 5.38. The third kappa shape index (κ3) is 3.55. The molecule has 2 aromatic rings. The van der Waals surface area contributed by atoms with Crippen molar-refractivity contribution in [1.29, 1.82) is 0 Å². The summed E-state index contributed by atoms with van der Waals surface area (Å²) < 4.78 is 15.3. The van der Waals surface area contributed by atoms with E-state index in [2.05, 4.69) is 36.2 Å². The zero-order valence-corrected chi connectivity index (χ0v) is 16.0. The van der Waals surface area contributed by atoms with Crippen molar-refractivity contribution in [1.82, 2.24) is 20.0 Å². The maximum atomic E-state index is 13.3. The predicted octanol–water partition coefficient (Wildman–Crippen LogP) is 3.71. The van der Waals surface area contributed by atoms with Crippen LogP contribution in [0.4, 0.5) is 4.39 Å². The van der Waals surface area contributed by atoms with E-state index in [1.807, 2.05) is 23.0 Å². The van der Waals surface area contributed by atoms with Crippen molar-refractivity contribution in [3.8, 4) is 5.69 Å². The van der Waals surface area contributed by atoms with Crippen molar-refractivity contribution in [3.63, 3.8) is 0 Å². The molecule has 1 aliphatic carbocycles. The van der Waals surface area contributed by atoms with Gasteiger partial charge < -0.3 is 10.2 Å². The van der Waals surface area contributed by atoms with Crippen LogP contribution in [0.5, 0.6) is 0 Å². The molecule has 1 saturated heterocycles. The van der Waals surface area contributed by atoms with Gasteiger partial charge in [-0.2, -0.15) is 5.10 Å². The van der Waals surface area contributed by atoms with Gasteiger partial charge >= 0.3 is 0 Å². The van der Waals surface area contributed by atoms with E-state index in [1.165, 1.54) is 36.2 Å². The molecule has 1 aromatic heterocycles. The fourth-order valence-corrected chi connectivity index (χ4v) is 4.46. The first-order valence-corrected chi connectivity index (χ1v) is 9.69. The van der Waals surface area contributed by atoms with E-state index in [0.29, 0.717) is 12.1 Å². The van der Waals surface area contributed by atoms with E-state index in [-0.39, 0.29) is 11.2 Å². The van der Waals surface area contributed by atoms with E-state index in [9.17, 15) is 4.39 Å². The lowest BCUT2D eigenvalue weighted by molar-refractivity contribution is 0.194. The van der Waals surface area contributed by atoms with Gasteiger partial charge in [0.1, 0.15) is 5.82 Å². The summed E-state index contributed by atoms with van der Waals surface area (Å²) in [7, 11) is 2.20. The summed E-state index contributed by atoms with van der Waals surface area (Å²) in [4.78, 5) is 2.40. The summed E-state index contributed by atoms with van der Waals surface area (Å²) in [6.45, 7) is 6.99. The molecule has 2 aliphatic rings. The fraction of sp³-hybridized carbons (Fsp3) is 0.571. The Morgan fingerprint density at radius 3 is 2.54 bits per heavy atom. The maximum absolute atomic E-state index is 13.3. The molecule has 1 aromatic carbocycles. The number of likely N-dealkylation sites (tertiary alicyclic amines) is 1. The standard InChI is InChI=1S/C21H29FN4/c1-21(2)12-19(24-16-8-10-25(3)11-9-16)18-14-23-26(20(18)13-21)17-6-4-15(22)5-7-17/h4-7,14,16,19,24H,8-13H2,1-3H3/t19-/m1/s1. The first-order chi connectivity index (χ1) is 12.4. The molecule has 0 unspecified atom stereocenters. The second-order valence-electron chi connectivity index (χ2n) is 8.78. The van der Waals surface area contributed by atoms with E-state index >= 15 is 0 Å². The van der Waals surface area contributed by atoms with Crippen molar-refractivity contribution >= 4 is 0 Å². The third-order valence-corrected chi connectivity index (χ3v) is 5.91. The molecule has 1 atom stereocenters. The van der Waals surface area contributed by atoms with Gasteiger partial charge in [-0.05, 0) is 75.5 Å². The minimum atomic E-state index is -0.211. The first-order valence-electron chi connectivity index (χ1n) is 9.69. The molecule has 0 spiro atoms. The highest BCUT2D eigenvalue weighted by Gasteiger charge is 2.36. The normalized spacial score (nSPS) is 23.8. The Hall–Kier alpha value is -1.72. The number of hydrogen-bond donors (Lipinski definition) is 1. The Morgan fingerprint density at radius 2 is 1.85 bits per heavy atom. The second kappa shape index (κ2) is 6.78. The van der Waals surface area contributed by atoms with Crippen LogP contribution < -0.4 is 5.32 Å². The summed E-state index contributed by atoms with van der Waals surface area (Å²) in [6, 6.07) is 7.55. The first kappa shape index (κ1) is 17.7. The molecule has 0 amide bonds. The van der Waals surface area contributed by atoms with Gasteiger partial charge in [0.05, 0.1) is 11.9 Å². The lowest BCUT2D eigenvalue weighted by atomic mass is 9.74. The molecule has 1 N–H and O–H groups in total. The van der Waals surface area contributed by atoms with Gasteiger partial charge in [-0.15, -0.1) is 0 Å². The van der Waals surface area contributed by atoms with E-state index in [1.54, 1.807) is 0 Å². The predicted molar refractivity (Wildman–Crippen MR) is 102 cm³/mol. The third-order valence-electron chi connectivity index (χ3n) is 5.91. The number of piperidine rings is 1. The Bertz CT molecular complexity index is 757. The summed E-state index contributed by atoms with van der Waals surface area (Å²) in [5.74, 6) is -0.211. The molecular formula is C21H29FN4. The molecule has 0 radical (unpaired) electrons. The molecule has 0 bridgehead atoms. The zero-order valence-electron chi connectivity index (χ0n) is 16.0. The zero-order chi connectivity index (χ0) is 18.3. The number of benzene rings is 1. The molecule has 4 rings (SSSR count). The quantitative estimate of drug-likeness (QED) is 0.910. The minimum Gasteiger partial charge on any atom is -0.307 e. The van der Waals surface area contributed by atoms with Crippen LogP contribution in [0.25, 0.3) is 5.69 Å². The van der Waals surface area contributed by atoms with Gasteiger partial charge in [0.2, 0.25) is 0 Å². The van der Waals surface area contributed by atoms with Crippen molar-refractivity contribution in [3.05, 3.63) is 47.5 Å². The summed E-state index contributed by atoms with van der Waals surface area (Å²) in [6.07, 6.45) is 6.54. The van der Waals surface area contributed by atoms with Crippen LogP contribution in [-0.4, -0.2) is 40.9 Å². The number of nitrogens with one attached hydrogen (secondary N) is 1. The minimum absolute atomic E-state index is 0.211. The van der Waals surface area contributed by atoms with Gasteiger partial charge in [0.15, 0.2) is 0 Å². The molecule has 5 heteroatoms. The smallest absolute Gasteiger partial charge is 0.123 e. The highest BCUT2D eigenvalue weighted by atomic mass is 19.1. The summed E-state index contributed by atoms with van der Waals surface area (Å²) in [5.41, 5.74) is 3.72. The lowest BCUT2D eigenvalue weighted by Gasteiger charge is -2.39. The number of nitrogens with zero attached hydrogens (tertiary/aromatic N) is 3. The van der Waals surface area contributed by atoms with Gasteiger partial charge in [0.25, 0.3) is 0 Å². The SMILES string of the molecule is CN1CCC(N[C@@H]2CC(C)(C)Cc3c2cnn3-c2ccc(F)cc2)CC1. The van der Waals surface area contributed by atoms with Crippen LogP contribution in [0.2, 0.25) is 0 Å². The van der Waals surface area contributed by atoms with Crippen molar-refractivity contribution in [2.45, 2.75) is 51.6 Å². The highest BCUT2D eigenvalue weighted by Crippen LogP contribution is 2.41. The van der Waals surface area contributed by atoms with Crippen LogP contribution in [0.3, 0.4) is 0 Å². The summed E-state index contributed by atoms with van der Waals surface area (Å²) in [5, 5.41) is 8.59. The molecule has 4 nitrogen and oxygen atoms in total. The average molecular weight is 356 g/mol. The van der Waals surface area contributed by atoms with E-state index in [0.717, 1.165) is 31.6 Å². The Morgan fingerprint density at radius 1 is 1.15 bits per heavy atom. The van der Waals surface area contributed by atoms with Crippen LogP contribution in [-0.2, 0) is 6.42 Å². The largest absolute Gasteiger partial charge is 0.307 e. The molecule has 0 saturated carbocycles. The number of halogens is 1. The Labute approximate surface area is 155 Å². The number of aromatic nitrogens is 2. The second-order valence-corrected chi connectivity index (χ2v) is 8.78.